The lowest BCUT2D eigenvalue weighted by Gasteiger charge is -2.18. The summed E-state index contributed by atoms with van der Waals surface area (Å²) in [6, 6.07) is 11.8. The van der Waals surface area contributed by atoms with Gasteiger partial charge in [0.1, 0.15) is 0 Å². The Morgan fingerprint density at radius 2 is 2.08 bits per heavy atom. The molecule has 2 aromatic heterocycles. The van der Waals surface area contributed by atoms with E-state index >= 15 is 0 Å². The molecule has 0 radical (unpaired) electrons. The van der Waals surface area contributed by atoms with E-state index in [2.05, 4.69) is 32.4 Å². The monoisotopic (exact) mass is 337 g/mol. The molecule has 1 aliphatic heterocycles. The van der Waals surface area contributed by atoms with Crippen molar-refractivity contribution >= 4 is 17.4 Å². The third-order valence-electron chi connectivity index (χ3n) is 3.59. The van der Waals surface area contributed by atoms with Crippen LogP contribution >= 0.6 is 11.8 Å². The Balaban J connectivity index is 1.84. The molecule has 6 nitrogen and oxygen atoms in total. The van der Waals surface area contributed by atoms with Crippen LogP contribution in [0.3, 0.4) is 0 Å². The molecule has 7 heteroatoms. The van der Waals surface area contributed by atoms with Gasteiger partial charge in [0, 0.05) is 29.2 Å². The van der Waals surface area contributed by atoms with Crippen molar-refractivity contribution in [3.63, 3.8) is 0 Å². The number of aromatic nitrogens is 4. The number of rotatable bonds is 3. The quantitative estimate of drug-likeness (QED) is 0.733. The zero-order chi connectivity index (χ0) is 16.4. The maximum absolute atomic E-state index is 6.13. The number of nitrogens with one attached hydrogen (secondary N) is 1. The normalized spacial score (nSPS) is 15.5. The molecular weight excluding hydrogens is 322 g/mol. The minimum Gasteiger partial charge on any atom is -0.448 e. The molecule has 1 aromatic carbocycles. The van der Waals surface area contributed by atoms with E-state index in [1.165, 1.54) is 11.8 Å². The first-order valence-corrected chi connectivity index (χ1v) is 8.63. The Morgan fingerprint density at radius 1 is 1.17 bits per heavy atom. The number of nitrogens with zero attached hydrogens (tertiary/aromatic N) is 4. The first-order valence-electron chi connectivity index (χ1n) is 7.65. The van der Waals surface area contributed by atoms with Crippen LogP contribution in [0.2, 0.25) is 0 Å². The van der Waals surface area contributed by atoms with Crippen molar-refractivity contribution in [2.24, 2.45) is 0 Å². The van der Waals surface area contributed by atoms with Crippen LogP contribution in [-0.4, -0.2) is 25.9 Å². The molecule has 0 aliphatic carbocycles. The van der Waals surface area contributed by atoms with Crippen molar-refractivity contribution in [1.82, 2.24) is 20.2 Å². The Labute approximate surface area is 143 Å². The van der Waals surface area contributed by atoms with Crippen LogP contribution in [0, 0.1) is 0 Å². The highest BCUT2D eigenvalue weighted by Gasteiger charge is 2.25. The molecule has 0 spiro atoms. The van der Waals surface area contributed by atoms with E-state index < -0.39 is 6.23 Å². The van der Waals surface area contributed by atoms with Crippen LogP contribution in [-0.2, 0) is 0 Å². The largest absolute Gasteiger partial charge is 0.448 e. The molecule has 0 saturated carbocycles. The fourth-order valence-electron chi connectivity index (χ4n) is 2.52. The number of fused-ring (bicyclic) bond motifs is 3. The summed E-state index contributed by atoms with van der Waals surface area (Å²) in [4.78, 5) is 8.72. The van der Waals surface area contributed by atoms with Crippen molar-refractivity contribution in [3.8, 4) is 17.1 Å². The minimum atomic E-state index is -0.391. The van der Waals surface area contributed by atoms with Gasteiger partial charge in [0.05, 0.1) is 0 Å². The number of benzene rings is 1. The Kier molecular flexibility index (Phi) is 4.00. The molecule has 3 heterocycles. The molecule has 120 valence electrons. The van der Waals surface area contributed by atoms with E-state index in [0.717, 1.165) is 22.6 Å². The third-order valence-corrected chi connectivity index (χ3v) is 4.31. The van der Waals surface area contributed by atoms with Gasteiger partial charge in [-0.3, -0.25) is 4.98 Å². The molecule has 0 fully saturated rings. The standard InChI is InChI=1S/C17H15N5OS/c1-2-24-17-20-16-14(21-22-17)12-7-3-4-8-13(12)19-15(23-16)11-6-5-9-18-10-11/h3-10,15,19H,2H2,1H3/t15-/m0/s1. The summed E-state index contributed by atoms with van der Waals surface area (Å²) in [7, 11) is 0. The summed E-state index contributed by atoms with van der Waals surface area (Å²) < 4.78 is 6.13. The Morgan fingerprint density at radius 3 is 2.92 bits per heavy atom. The highest BCUT2D eigenvalue weighted by atomic mass is 32.2. The molecule has 0 amide bonds. The number of pyridine rings is 1. The zero-order valence-electron chi connectivity index (χ0n) is 13.0. The van der Waals surface area contributed by atoms with Crippen LogP contribution in [0.1, 0.15) is 18.7 Å². The molecule has 3 aromatic rings. The lowest BCUT2D eigenvalue weighted by Crippen LogP contribution is -2.17. The molecule has 0 bridgehead atoms. The van der Waals surface area contributed by atoms with Crippen LogP contribution in [0.25, 0.3) is 11.3 Å². The summed E-state index contributed by atoms with van der Waals surface area (Å²) in [5, 5.41) is 12.6. The molecule has 4 rings (SSSR count). The summed E-state index contributed by atoms with van der Waals surface area (Å²) in [5.41, 5.74) is 3.41. The average molecular weight is 337 g/mol. The average Bonchev–Trinajstić information content (AvgIpc) is 2.79. The zero-order valence-corrected chi connectivity index (χ0v) is 13.8. The van der Waals surface area contributed by atoms with Gasteiger partial charge in [-0.2, -0.15) is 4.98 Å². The molecule has 0 unspecified atom stereocenters. The summed E-state index contributed by atoms with van der Waals surface area (Å²) in [6.07, 6.45) is 3.13. The van der Waals surface area contributed by atoms with E-state index in [4.69, 9.17) is 4.74 Å². The number of hydrogen-bond donors (Lipinski definition) is 1. The number of ether oxygens (including phenoxy) is 1. The second-order valence-electron chi connectivity index (χ2n) is 5.16. The first kappa shape index (κ1) is 14.9. The number of thioether (sulfide) groups is 1. The Hall–Kier alpha value is -2.67. The summed E-state index contributed by atoms with van der Waals surface area (Å²) in [6.45, 7) is 2.05. The molecule has 1 atom stereocenters. The highest BCUT2D eigenvalue weighted by molar-refractivity contribution is 7.99. The predicted molar refractivity (Wildman–Crippen MR) is 92.9 cm³/mol. The van der Waals surface area contributed by atoms with Crippen LogP contribution in [0.15, 0.2) is 53.9 Å². The van der Waals surface area contributed by atoms with Gasteiger partial charge in [-0.1, -0.05) is 43.0 Å². The predicted octanol–water partition coefficient (Wildman–Crippen LogP) is 3.55. The second-order valence-corrected chi connectivity index (χ2v) is 6.39. The van der Waals surface area contributed by atoms with Crippen molar-refractivity contribution in [1.29, 1.82) is 0 Å². The summed E-state index contributed by atoms with van der Waals surface area (Å²) >= 11 is 1.54. The second kappa shape index (κ2) is 6.45. The number of para-hydroxylation sites is 1. The van der Waals surface area contributed by atoms with Gasteiger partial charge in [-0.25, -0.2) is 0 Å². The van der Waals surface area contributed by atoms with Crippen LogP contribution in [0.5, 0.6) is 5.88 Å². The molecule has 0 saturated heterocycles. The molecule has 1 N–H and O–H groups in total. The molecular formula is C17H15N5OS. The van der Waals surface area contributed by atoms with Gasteiger partial charge >= 0.3 is 0 Å². The molecule has 24 heavy (non-hydrogen) atoms. The highest BCUT2D eigenvalue weighted by Crippen LogP contribution is 2.39. The minimum absolute atomic E-state index is 0.391. The van der Waals surface area contributed by atoms with Gasteiger partial charge < -0.3 is 10.1 Å². The van der Waals surface area contributed by atoms with E-state index in [0.29, 0.717) is 16.7 Å². The summed E-state index contributed by atoms with van der Waals surface area (Å²) in [5.74, 6) is 1.36. The number of anilines is 1. The Bertz CT molecular complexity index is 859. The fraction of sp³-hybridized carbons (Fsp3) is 0.176. The van der Waals surface area contributed by atoms with E-state index in [1.54, 1.807) is 12.4 Å². The number of hydrogen-bond acceptors (Lipinski definition) is 7. The van der Waals surface area contributed by atoms with Gasteiger partial charge in [0.25, 0.3) is 0 Å². The lowest BCUT2D eigenvalue weighted by molar-refractivity contribution is 0.225. The van der Waals surface area contributed by atoms with E-state index in [-0.39, 0.29) is 0 Å². The topological polar surface area (TPSA) is 72.8 Å². The van der Waals surface area contributed by atoms with E-state index in [1.807, 2.05) is 36.4 Å². The van der Waals surface area contributed by atoms with Gasteiger partial charge in [-0.15, -0.1) is 10.2 Å². The third kappa shape index (κ3) is 2.78. The first-order chi connectivity index (χ1) is 11.8. The van der Waals surface area contributed by atoms with Gasteiger partial charge in [0.15, 0.2) is 11.9 Å². The maximum Gasteiger partial charge on any atom is 0.247 e. The smallest absolute Gasteiger partial charge is 0.247 e. The lowest BCUT2D eigenvalue weighted by atomic mass is 10.1. The van der Waals surface area contributed by atoms with Crippen molar-refractivity contribution < 1.29 is 4.74 Å². The fourth-order valence-corrected chi connectivity index (χ4v) is 3.02. The SMILES string of the molecule is CCSc1nnc2c(n1)O[C@@H](c1cccnc1)Nc1ccccc1-2. The maximum atomic E-state index is 6.13. The van der Waals surface area contributed by atoms with Crippen LogP contribution in [0.4, 0.5) is 5.69 Å². The van der Waals surface area contributed by atoms with Gasteiger partial charge in [0.2, 0.25) is 11.0 Å². The van der Waals surface area contributed by atoms with E-state index in [9.17, 15) is 0 Å². The van der Waals surface area contributed by atoms with Crippen molar-refractivity contribution in [2.75, 3.05) is 11.1 Å². The van der Waals surface area contributed by atoms with Gasteiger partial charge in [-0.05, 0) is 17.9 Å². The van der Waals surface area contributed by atoms with Crippen molar-refractivity contribution in [3.05, 3.63) is 54.4 Å². The van der Waals surface area contributed by atoms with Crippen molar-refractivity contribution in [2.45, 2.75) is 18.3 Å². The molecule has 1 aliphatic rings. The van der Waals surface area contributed by atoms with Crippen LogP contribution < -0.4 is 10.1 Å².